The predicted octanol–water partition coefficient (Wildman–Crippen LogP) is 2.48. The molecule has 0 bridgehead atoms. The second-order valence-electron chi connectivity index (χ2n) is 5.00. The Balaban J connectivity index is 2.05. The predicted molar refractivity (Wildman–Crippen MR) is 71.1 cm³/mol. The van der Waals surface area contributed by atoms with Crippen molar-refractivity contribution in [3.8, 4) is 11.5 Å². The van der Waals surface area contributed by atoms with Gasteiger partial charge in [0.15, 0.2) is 11.5 Å². The maximum atomic E-state index is 5.84. The van der Waals surface area contributed by atoms with Crippen molar-refractivity contribution in [3.05, 3.63) is 23.4 Å². The lowest BCUT2D eigenvalue weighted by Crippen LogP contribution is -2.15. The van der Waals surface area contributed by atoms with E-state index in [9.17, 15) is 0 Å². The van der Waals surface area contributed by atoms with E-state index < -0.39 is 0 Å². The van der Waals surface area contributed by atoms with Crippen LogP contribution in [0.5, 0.6) is 11.5 Å². The quantitative estimate of drug-likeness (QED) is 0.874. The number of hydrogen-bond donors (Lipinski definition) is 2. The zero-order valence-corrected chi connectivity index (χ0v) is 10.7. The highest BCUT2D eigenvalue weighted by Crippen LogP contribution is 2.38. The molecule has 4 heteroatoms. The molecule has 96 valence electrons. The van der Waals surface area contributed by atoms with Crippen molar-refractivity contribution in [3.63, 3.8) is 0 Å². The molecule has 0 aliphatic carbocycles. The van der Waals surface area contributed by atoms with Gasteiger partial charge in [0, 0.05) is 28.7 Å². The zero-order chi connectivity index (χ0) is 12.7. The van der Waals surface area contributed by atoms with Crippen LogP contribution in [0.1, 0.15) is 24.6 Å². The molecule has 1 aromatic heterocycles. The van der Waals surface area contributed by atoms with Gasteiger partial charge in [-0.3, -0.25) is 0 Å². The number of fused-ring (bicyclic) bond motifs is 2. The number of hydrogen-bond acceptors (Lipinski definition) is 3. The second-order valence-corrected chi connectivity index (χ2v) is 5.00. The molecule has 2 heterocycles. The van der Waals surface area contributed by atoms with Crippen molar-refractivity contribution in [1.29, 1.82) is 0 Å². The number of benzene rings is 1. The van der Waals surface area contributed by atoms with Gasteiger partial charge in [0.2, 0.25) is 6.79 Å². The van der Waals surface area contributed by atoms with Crippen molar-refractivity contribution < 1.29 is 9.47 Å². The van der Waals surface area contributed by atoms with E-state index in [1.165, 1.54) is 16.6 Å². The van der Waals surface area contributed by atoms with Gasteiger partial charge < -0.3 is 20.2 Å². The Morgan fingerprint density at radius 3 is 2.78 bits per heavy atom. The normalized spacial score (nSPS) is 15.3. The van der Waals surface area contributed by atoms with E-state index in [2.05, 4.69) is 18.0 Å². The fourth-order valence-electron chi connectivity index (χ4n) is 2.47. The third-order valence-electron chi connectivity index (χ3n) is 3.46. The molecule has 1 aromatic carbocycles. The number of aryl methyl sites for hydroxylation is 2. The molecule has 1 aliphatic heterocycles. The highest BCUT2D eigenvalue weighted by molar-refractivity contribution is 5.88. The summed E-state index contributed by atoms with van der Waals surface area (Å²) in [6.07, 6.45) is 1.98. The lowest BCUT2D eigenvalue weighted by atomic mass is 10.0. The minimum Gasteiger partial charge on any atom is -0.454 e. The Bertz CT molecular complexity index is 587. The number of rotatable bonds is 3. The number of nitrogens with two attached hydrogens (primary N) is 1. The van der Waals surface area contributed by atoms with Crippen LogP contribution in [0.25, 0.3) is 10.9 Å². The number of nitrogens with one attached hydrogen (secondary N) is 1. The molecule has 1 unspecified atom stereocenters. The molecule has 2 aromatic rings. The summed E-state index contributed by atoms with van der Waals surface area (Å²) in [5.74, 6) is 1.66. The molecular formula is C14H18N2O2. The molecule has 0 saturated heterocycles. The Hall–Kier alpha value is -1.68. The Morgan fingerprint density at radius 2 is 2.06 bits per heavy atom. The summed E-state index contributed by atoms with van der Waals surface area (Å²) in [4.78, 5) is 3.40. The van der Waals surface area contributed by atoms with Crippen molar-refractivity contribution in [2.24, 2.45) is 5.73 Å². The van der Waals surface area contributed by atoms with E-state index >= 15 is 0 Å². The monoisotopic (exact) mass is 246 g/mol. The summed E-state index contributed by atoms with van der Waals surface area (Å²) in [5.41, 5.74) is 9.48. The van der Waals surface area contributed by atoms with Gasteiger partial charge in [-0.2, -0.15) is 0 Å². The first-order chi connectivity index (χ1) is 8.65. The van der Waals surface area contributed by atoms with Gasteiger partial charge in [0.1, 0.15) is 0 Å². The maximum absolute atomic E-state index is 5.84. The fraction of sp³-hybridized carbons (Fsp3) is 0.429. The van der Waals surface area contributed by atoms with Gasteiger partial charge in [0.05, 0.1) is 0 Å². The molecule has 1 atom stereocenters. The lowest BCUT2D eigenvalue weighted by molar-refractivity contribution is 0.174. The summed E-state index contributed by atoms with van der Waals surface area (Å²) in [5, 5.41) is 1.22. The average molecular weight is 246 g/mol. The standard InChI is InChI=1S/C14H18N2O2/c1-8(15)3-4-10-9(2)16-12-6-14-13(5-11(10)12)17-7-18-14/h5-6,8,16H,3-4,7,15H2,1-2H3. The first-order valence-electron chi connectivity index (χ1n) is 6.31. The zero-order valence-electron chi connectivity index (χ0n) is 10.7. The number of aromatic amines is 1. The summed E-state index contributed by atoms with van der Waals surface area (Å²) < 4.78 is 10.8. The van der Waals surface area contributed by atoms with Crippen molar-refractivity contribution >= 4 is 10.9 Å². The van der Waals surface area contributed by atoms with Gasteiger partial charge in [0.25, 0.3) is 0 Å². The van der Waals surface area contributed by atoms with Crippen LogP contribution in [0.2, 0.25) is 0 Å². The molecule has 0 fully saturated rings. The van der Waals surface area contributed by atoms with Gasteiger partial charge in [-0.15, -0.1) is 0 Å². The summed E-state index contributed by atoms with van der Waals surface area (Å²) >= 11 is 0. The third-order valence-corrected chi connectivity index (χ3v) is 3.46. The average Bonchev–Trinajstić information content (AvgIpc) is 2.86. The van der Waals surface area contributed by atoms with Gasteiger partial charge in [-0.25, -0.2) is 0 Å². The topological polar surface area (TPSA) is 60.3 Å². The molecule has 0 radical (unpaired) electrons. The summed E-state index contributed by atoms with van der Waals surface area (Å²) in [7, 11) is 0. The smallest absolute Gasteiger partial charge is 0.231 e. The molecule has 1 aliphatic rings. The van der Waals surface area contributed by atoms with Crippen LogP contribution in [0.3, 0.4) is 0 Å². The maximum Gasteiger partial charge on any atom is 0.231 e. The van der Waals surface area contributed by atoms with Crippen molar-refractivity contribution in [2.75, 3.05) is 6.79 Å². The SMILES string of the molecule is Cc1[nH]c2cc3c(cc2c1CCC(C)N)OCO3. The highest BCUT2D eigenvalue weighted by Gasteiger charge is 2.17. The van der Waals surface area contributed by atoms with Crippen LogP contribution in [0.15, 0.2) is 12.1 Å². The van der Waals surface area contributed by atoms with Crippen LogP contribution >= 0.6 is 0 Å². The van der Waals surface area contributed by atoms with Crippen molar-refractivity contribution in [1.82, 2.24) is 4.98 Å². The highest BCUT2D eigenvalue weighted by atomic mass is 16.7. The summed E-state index contributed by atoms with van der Waals surface area (Å²) in [6.45, 7) is 4.46. The molecule has 3 rings (SSSR count). The number of aromatic nitrogens is 1. The molecule has 3 N–H and O–H groups in total. The minimum absolute atomic E-state index is 0.225. The van der Waals surface area contributed by atoms with Crippen LogP contribution in [-0.2, 0) is 6.42 Å². The van der Waals surface area contributed by atoms with E-state index in [1.54, 1.807) is 0 Å². The second kappa shape index (κ2) is 4.21. The van der Waals surface area contributed by atoms with Gasteiger partial charge >= 0.3 is 0 Å². The Labute approximate surface area is 106 Å². The molecule has 0 amide bonds. The largest absolute Gasteiger partial charge is 0.454 e. The fourth-order valence-corrected chi connectivity index (χ4v) is 2.47. The van der Waals surface area contributed by atoms with Crippen LogP contribution in [0.4, 0.5) is 0 Å². The van der Waals surface area contributed by atoms with Crippen LogP contribution in [-0.4, -0.2) is 17.8 Å². The van der Waals surface area contributed by atoms with Crippen LogP contribution in [0, 0.1) is 6.92 Å². The molecule has 0 saturated carbocycles. The first-order valence-corrected chi connectivity index (χ1v) is 6.31. The van der Waals surface area contributed by atoms with E-state index in [0.717, 1.165) is 29.9 Å². The van der Waals surface area contributed by atoms with E-state index in [1.807, 2.05) is 13.0 Å². The summed E-state index contributed by atoms with van der Waals surface area (Å²) in [6, 6.07) is 4.31. The van der Waals surface area contributed by atoms with E-state index in [0.29, 0.717) is 6.79 Å². The minimum atomic E-state index is 0.225. The number of H-pyrrole nitrogens is 1. The Morgan fingerprint density at radius 1 is 1.33 bits per heavy atom. The third kappa shape index (κ3) is 1.82. The van der Waals surface area contributed by atoms with E-state index in [4.69, 9.17) is 15.2 Å². The van der Waals surface area contributed by atoms with Gasteiger partial charge in [-0.1, -0.05) is 0 Å². The first kappa shape index (κ1) is 11.4. The van der Waals surface area contributed by atoms with Crippen LogP contribution < -0.4 is 15.2 Å². The molecular weight excluding hydrogens is 228 g/mol. The van der Waals surface area contributed by atoms with Gasteiger partial charge in [-0.05, 0) is 38.3 Å². The van der Waals surface area contributed by atoms with E-state index in [-0.39, 0.29) is 6.04 Å². The number of ether oxygens (including phenoxy) is 2. The Kier molecular flexibility index (Phi) is 2.67. The molecule has 0 spiro atoms. The molecule has 18 heavy (non-hydrogen) atoms. The lowest BCUT2D eigenvalue weighted by Gasteiger charge is -2.05. The molecule has 4 nitrogen and oxygen atoms in total. The van der Waals surface area contributed by atoms with Crippen molar-refractivity contribution in [2.45, 2.75) is 32.7 Å².